The molecule has 92 valence electrons. The van der Waals surface area contributed by atoms with E-state index in [2.05, 4.69) is 62.6 Å². The second-order valence-electron chi connectivity index (χ2n) is 4.10. The molecule has 0 saturated carbocycles. The number of hydrogen-bond acceptors (Lipinski definition) is 2. The highest BCUT2D eigenvalue weighted by atomic mass is 79.9. The van der Waals surface area contributed by atoms with Gasteiger partial charge in [0.15, 0.2) is 0 Å². The van der Waals surface area contributed by atoms with Gasteiger partial charge < -0.3 is 9.88 Å². The van der Waals surface area contributed by atoms with Gasteiger partial charge in [-0.1, -0.05) is 6.92 Å². The molecule has 17 heavy (non-hydrogen) atoms. The fourth-order valence-electron chi connectivity index (χ4n) is 1.72. The quantitative estimate of drug-likeness (QED) is 0.801. The lowest BCUT2D eigenvalue weighted by molar-refractivity contribution is 0.673. The summed E-state index contributed by atoms with van der Waals surface area (Å²) in [5.41, 5.74) is 1.36. The molecule has 2 rings (SSSR count). The van der Waals surface area contributed by atoms with Crippen molar-refractivity contribution < 1.29 is 0 Å². The van der Waals surface area contributed by atoms with Crippen LogP contribution in [0.4, 0.5) is 0 Å². The highest BCUT2D eigenvalue weighted by Gasteiger charge is 2.00. The first-order valence-electron chi connectivity index (χ1n) is 5.86. The Morgan fingerprint density at radius 2 is 2.35 bits per heavy atom. The van der Waals surface area contributed by atoms with Gasteiger partial charge in [0.25, 0.3) is 0 Å². The number of aromatic nitrogens is 1. The van der Waals surface area contributed by atoms with Crippen LogP contribution in [-0.4, -0.2) is 11.1 Å². The Morgan fingerprint density at radius 3 is 3.06 bits per heavy atom. The summed E-state index contributed by atoms with van der Waals surface area (Å²) < 4.78 is 3.41. The van der Waals surface area contributed by atoms with E-state index in [1.165, 1.54) is 21.3 Å². The highest BCUT2D eigenvalue weighted by Crippen LogP contribution is 2.20. The van der Waals surface area contributed by atoms with Crippen molar-refractivity contribution in [1.82, 2.24) is 9.88 Å². The van der Waals surface area contributed by atoms with Gasteiger partial charge in [0.2, 0.25) is 0 Å². The molecule has 4 heteroatoms. The molecule has 0 atom stereocenters. The molecule has 0 aliphatic carbocycles. The van der Waals surface area contributed by atoms with Gasteiger partial charge in [0, 0.05) is 33.7 Å². The van der Waals surface area contributed by atoms with E-state index >= 15 is 0 Å². The monoisotopic (exact) mass is 312 g/mol. The fraction of sp³-hybridized carbons (Fsp3) is 0.385. The van der Waals surface area contributed by atoms with Crippen molar-refractivity contribution in [3.8, 4) is 0 Å². The van der Waals surface area contributed by atoms with Gasteiger partial charge in [-0.05, 0) is 46.6 Å². The first-order chi connectivity index (χ1) is 8.28. The highest BCUT2D eigenvalue weighted by molar-refractivity contribution is 9.10. The van der Waals surface area contributed by atoms with E-state index in [0.29, 0.717) is 0 Å². The van der Waals surface area contributed by atoms with E-state index in [-0.39, 0.29) is 0 Å². The van der Waals surface area contributed by atoms with Crippen LogP contribution in [0.2, 0.25) is 0 Å². The Labute approximate surface area is 115 Å². The molecular weight excluding hydrogens is 296 g/mol. The van der Waals surface area contributed by atoms with Gasteiger partial charge in [-0.2, -0.15) is 0 Å². The Hall–Kier alpha value is -0.580. The average molecular weight is 313 g/mol. The lowest BCUT2D eigenvalue weighted by Gasteiger charge is -2.01. The van der Waals surface area contributed by atoms with Gasteiger partial charge in [-0.3, -0.25) is 0 Å². The summed E-state index contributed by atoms with van der Waals surface area (Å²) in [5, 5.41) is 5.54. The predicted octanol–water partition coefficient (Wildman–Crippen LogP) is 3.86. The fourth-order valence-corrected chi connectivity index (χ4v) is 3.18. The molecule has 0 spiro atoms. The van der Waals surface area contributed by atoms with Crippen LogP contribution in [0.15, 0.2) is 34.4 Å². The first-order valence-corrected chi connectivity index (χ1v) is 7.53. The number of thiophene rings is 1. The molecule has 0 unspecified atom stereocenters. The normalized spacial score (nSPS) is 10.9. The summed E-state index contributed by atoms with van der Waals surface area (Å²) in [6.07, 6.45) is 5.55. The lowest BCUT2D eigenvalue weighted by atomic mass is 10.3. The molecule has 2 nitrogen and oxygen atoms in total. The van der Waals surface area contributed by atoms with Crippen LogP contribution in [0.1, 0.15) is 23.8 Å². The molecule has 1 N–H and O–H groups in total. The molecule has 0 aromatic carbocycles. The van der Waals surface area contributed by atoms with Crippen LogP contribution < -0.4 is 5.32 Å². The predicted molar refractivity (Wildman–Crippen MR) is 77.6 cm³/mol. The number of hydrogen-bond donors (Lipinski definition) is 1. The minimum Gasteiger partial charge on any atom is -0.349 e. The third kappa shape index (κ3) is 3.98. The zero-order valence-electron chi connectivity index (χ0n) is 9.95. The third-order valence-electron chi connectivity index (χ3n) is 2.53. The summed E-state index contributed by atoms with van der Waals surface area (Å²) >= 11 is 5.28. The van der Waals surface area contributed by atoms with Gasteiger partial charge in [0.1, 0.15) is 0 Å². The summed E-state index contributed by atoms with van der Waals surface area (Å²) in [6, 6.07) is 4.37. The van der Waals surface area contributed by atoms with Crippen molar-refractivity contribution in [1.29, 1.82) is 0 Å². The Kier molecular flexibility index (Phi) is 4.83. The van der Waals surface area contributed by atoms with Crippen LogP contribution in [0.3, 0.4) is 0 Å². The minimum absolute atomic E-state index is 0.962. The molecule has 0 aliphatic heterocycles. The smallest absolute Gasteiger partial charge is 0.0564 e. The SMILES string of the molecule is CCCNCc1ccn(Cc2cc(Br)cs2)c1. The van der Waals surface area contributed by atoms with Crippen LogP contribution in [0.5, 0.6) is 0 Å². The molecule has 0 amide bonds. The van der Waals surface area contributed by atoms with E-state index < -0.39 is 0 Å². The van der Waals surface area contributed by atoms with Gasteiger partial charge in [0.05, 0.1) is 6.54 Å². The van der Waals surface area contributed by atoms with E-state index in [9.17, 15) is 0 Å². The molecule has 0 aliphatic rings. The van der Waals surface area contributed by atoms with Gasteiger partial charge >= 0.3 is 0 Å². The van der Waals surface area contributed by atoms with Gasteiger partial charge in [-0.25, -0.2) is 0 Å². The van der Waals surface area contributed by atoms with E-state index in [1.807, 2.05) is 0 Å². The largest absolute Gasteiger partial charge is 0.349 e. The van der Waals surface area contributed by atoms with Gasteiger partial charge in [-0.15, -0.1) is 11.3 Å². The Morgan fingerprint density at radius 1 is 1.47 bits per heavy atom. The molecule has 2 aromatic heterocycles. The van der Waals surface area contributed by atoms with Crippen LogP contribution in [0, 0.1) is 0 Å². The summed E-state index contributed by atoms with van der Waals surface area (Å²) in [4.78, 5) is 1.38. The summed E-state index contributed by atoms with van der Waals surface area (Å²) in [6.45, 7) is 5.20. The van der Waals surface area contributed by atoms with E-state index in [4.69, 9.17) is 0 Å². The maximum atomic E-state index is 3.48. The molecule has 2 heterocycles. The van der Waals surface area contributed by atoms with Crippen molar-refractivity contribution in [2.45, 2.75) is 26.4 Å². The molecule has 0 bridgehead atoms. The number of rotatable bonds is 6. The van der Waals surface area contributed by atoms with E-state index in [0.717, 1.165) is 19.6 Å². The second kappa shape index (κ2) is 6.38. The lowest BCUT2D eigenvalue weighted by Crippen LogP contribution is -2.13. The molecular formula is C13H17BrN2S. The minimum atomic E-state index is 0.962. The van der Waals surface area contributed by atoms with Crippen molar-refractivity contribution in [3.63, 3.8) is 0 Å². The first kappa shape index (κ1) is 12.9. The standard InChI is InChI=1S/C13H17BrN2S/c1-2-4-15-7-11-3-5-16(8-11)9-13-6-12(14)10-17-13/h3,5-6,8,10,15H,2,4,7,9H2,1H3. The molecule has 0 saturated heterocycles. The topological polar surface area (TPSA) is 17.0 Å². The maximum absolute atomic E-state index is 3.48. The van der Waals surface area contributed by atoms with Crippen molar-refractivity contribution >= 4 is 27.3 Å². The third-order valence-corrected chi connectivity index (χ3v) is 4.21. The van der Waals surface area contributed by atoms with Crippen LogP contribution in [0.25, 0.3) is 0 Å². The van der Waals surface area contributed by atoms with Crippen molar-refractivity contribution in [2.24, 2.45) is 0 Å². The molecule has 0 radical (unpaired) electrons. The average Bonchev–Trinajstić information content (AvgIpc) is 2.90. The van der Waals surface area contributed by atoms with Crippen molar-refractivity contribution in [2.75, 3.05) is 6.54 Å². The Balaban J connectivity index is 1.89. The number of nitrogens with zero attached hydrogens (tertiary/aromatic N) is 1. The number of nitrogens with one attached hydrogen (secondary N) is 1. The zero-order valence-corrected chi connectivity index (χ0v) is 12.4. The molecule has 2 aromatic rings. The van der Waals surface area contributed by atoms with Crippen LogP contribution in [-0.2, 0) is 13.1 Å². The zero-order chi connectivity index (χ0) is 12.1. The molecule has 0 fully saturated rings. The summed E-state index contributed by atoms with van der Waals surface area (Å²) in [7, 11) is 0. The van der Waals surface area contributed by atoms with Crippen molar-refractivity contribution in [3.05, 3.63) is 44.8 Å². The maximum Gasteiger partial charge on any atom is 0.0564 e. The summed E-state index contributed by atoms with van der Waals surface area (Å²) in [5.74, 6) is 0. The van der Waals surface area contributed by atoms with Crippen LogP contribution >= 0.6 is 27.3 Å². The Bertz CT molecular complexity index is 461. The van der Waals surface area contributed by atoms with E-state index in [1.54, 1.807) is 11.3 Å². The number of halogens is 1. The second-order valence-corrected chi connectivity index (χ2v) is 6.01.